The molecule has 104 valence electrons. The maximum absolute atomic E-state index is 11.6. The minimum atomic E-state index is -1.04. The fraction of sp³-hybridized carbons (Fsp3) is 0.364. The largest absolute Gasteiger partial charge is 0.465 e. The molecule has 8 nitrogen and oxygen atoms in total. The lowest BCUT2D eigenvalue weighted by Crippen LogP contribution is -2.24. The molecule has 1 unspecified atom stereocenters. The van der Waals surface area contributed by atoms with Gasteiger partial charge in [0.25, 0.3) is 5.69 Å². The van der Waals surface area contributed by atoms with Gasteiger partial charge in [-0.1, -0.05) is 6.07 Å². The van der Waals surface area contributed by atoms with Crippen LogP contribution in [0.25, 0.3) is 0 Å². The van der Waals surface area contributed by atoms with Gasteiger partial charge in [-0.25, -0.2) is 4.79 Å². The van der Waals surface area contributed by atoms with E-state index in [1.54, 1.807) is 0 Å². The number of anilines is 1. The lowest BCUT2D eigenvalue weighted by Gasteiger charge is -2.13. The molecular weight excluding hydrogens is 256 g/mol. The van der Waals surface area contributed by atoms with Crippen molar-refractivity contribution < 1.29 is 24.7 Å². The lowest BCUT2D eigenvalue weighted by molar-refractivity contribution is -0.385. The first-order chi connectivity index (χ1) is 9.01. The van der Waals surface area contributed by atoms with Crippen LogP contribution in [0.2, 0.25) is 0 Å². The van der Waals surface area contributed by atoms with Crippen molar-refractivity contribution in [2.45, 2.75) is 6.10 Å². The van der Waals surface area contributed by atoms with E-state index in [1.807, 2.05) is 0 Å². The monoisotopic (exact) mass is 270 g/mol. The summed E-state index contributed by atoms with van der Waals surface area (Å²) in [5.74, 6) is -0.853. The fourth-order valence-electron chi connectivity index (χ4n) is 1.45. The number of benzene rings is 1. The molecule has 0 saturated heterocycles. The van der Waals surface area contributed by atoms with Crippen molar-refractivity contribution in [3.8, 4) is 0 Å². The van der Waals surface area contributed by atoms with E-state index in [-0.39, 0.29) is 17.8 Å². The third-order valence-corrected chi connectivity index (χ3v) is 2.37. The Hall–Kier alpha value is -2.19. The lowest BCUT2D eigenvalue weighted by atomic mass is 10.1. The molecule has 0 amide bonds. The molecule has 0 aliphatic rings. The van der Waals surface area contributed by atoms with Gasteiger partial charge in [-0.3, -0.25) is 10.1 Å². The van der Waals surface area contributed by atoms with Crippen LogP contribution in [-0.4, -0.2) is 47.5 Å². The first kappa shape index (κ1) is 14.9. The average molecular weight is 270 g/mol. The van der Waals surface area contributed by atoms with Gasteiger partial charge in [-0.2, -0.15) is 0 Å². The maximum Gasteiger partial charge on any atom is 0.347 e. The predicted molar refractivity (Wildman–Crippen MR) is 66.0 cm³/mol. The normalized spacial score (nSPS) is 11.7. The molecule has 8 heteroatoms. The molecule has 0 spiro atoms. The number of esters is 1. The van der Waals surface area contributed by atoms with E-state index in [9.17, 15) is 20.0 Å². The summed E-state index contributed by atoms with van der Waals surface area (Å²) in [6.45, 7) is -0.517. The van der Waals surface area contributed by atoms with Crippen molar-refractivity contribution in [2.24, 2.45) is 0 Å². The second-order valence-electron chi connectivity index (χ2n) is 3.67. The molecule has 0 heterocycles. The number of ether oxygens (including phenoxy) is 1. The minimum Gasteiger partial charge on any atom is -0.465 e. The van der Waals surface area contributed by atoms with E-state index in [4.69, 9.17) is 5.11 Å². The van der Waals surface area contributed by atoms with Crippen molar-refractivity contribution in [3.05, 3.63) is 33.9 Å². The van der Waals surface area contributed by atoms with E-state index in [2.05, 4.69) is 10.1 Å². The van der Waals surface area contributed by atoms with E-state index in [1.165, 1.54) is 18.2 Å². The SMILES string of the molecule is COC(=O)c1c(NCC(O)CO)cccc1[N+](=O)[O-]. The molecule has 0 fully saturated rings. The van der Waals surface area contributed by atoms with Crippen LogP contribution in [0.3, 0.4) is 0 Å². The minimum absolute atomic E-state index is 0.0539. The Morgan fingerprint density at radius 1 is 1.58 bits per heavy atom. The van der Waals surface area contributed by atoms with E-state index in [0.29, 0.717) is 0 Å². The summed E-state index contributed by atoms with van der Waals surface area (Å²) in [5.41, 5.74) is -0.455. The van der Waals surface area contributed by atoms with E-state index < -0.39 is 29.3 Å². The van der Waals surface area contributed by atoms with Crippen LogP contribution in [0.5, 0.6) is 0 Å². The van der Waals surface area contributed by atoms with Gasteiger partial charge in [-0.05, 0) is 6.07 Å². The molecule has 0 saturated carbocycles. The molecule has 0 aliphatic carbocycles. The zero-order chi connectivity index (χ0) is 14.4. The number of hydrogen-bond donors (Lipinski definition) is 3. The zero-order valence-electron chi connectivity index (χ0n) is 10.2. The van der Waals surface area contributed by atoms with Crippen molar-refractivity contribution in [1.29, 1.82) is 0 Å². The molecule has 0 aliphatic heterocycles. The number of aliphatic hydroxyl groups is 2. The number of methoxy groups -OCH3 is 1. The van der Waals surface area contributed by atoms with Crippen molar-refractivity contribution >= 4 is 17.3 Å². The number of carbonyl (C=O) groups excluding carboxylic acids is 1. The van der Waals surface area contributed by atoms with Crippen molar-refractivity contribution in [2.75, 3.05) is 25.6 Å². The summed E-state index contributed by atoms with van der Waals surface area (Å²) in [7, 11) is 1.12. The number of nitro benzene ring substituents is 1. The van der Waals surface area contributed by atoms with Crippen LogP contribution in [0.15, 0.2) is 18.2 Å². The van der Waals surface area contributed by atoms with Crippen molar-refractivity contribution in [1.82, 2.24) is 0 Å². The third-order valence-electron chi connectivity index (χ3n) is 2.37. The van der Waals surface area contributed by atoms with Gasteiger partial charge in [0.2, 0.25) is 0 Å². The van der Waals surface area contributed by atoms with Gasteiger partial charge >= 0.3 is 5.97 Å². The summed E-state index contributed by atoms with van der Waals surface area (Å²) in [6, 6.07) is 4.03. The summed E-state index contributed by atoms with van der Waals surface area (Å²) in [5, 5.41) is 31.4. The van der Waals surface area contributed by atoms with Gasteiger partial charge in [0.1, 0.15) is 0 Å². The smallest absolute Gasteiger partial charge is 0.347 e. The third kappa shape index (κ3) is 3.63. The predicted octanol–water partition coefficient (Wildman–Crippen LogP) is 0.146. The highest BCUT2D eigenvalue weighted by Crippen LogP contribution is 2.27. The molecule has 19 heavy (non-hydrogen) atoms. The zero-order valence-corrected chi connectivity index (χ0v) is 10.2. The van der Waals surface area contributed by atoms with E-state index in [0.717, 1.165) is 7.11 Å². The molecule has 1 rings (SSSR count). The average Bonchev–Trinajstić information content (AvgIpc) is 2.43. The van der Waals surface area contributed by atoms with Gasteiger partial charge in [0.05, 0.1) is 30.4 Å². The molecule has 0 radical (unpaired) electrons. The fourth-order valence-corrected chi connectivity index (χ4v) is 1.45. The van der Waals surface area contributed by atoms with Crippen LogP contribution in [0.4, 0.5) is 11.4 Å². The van der Waals surface area contributed by atoms with Crippen LogP contribution in [0.1, 0.15) is 10.4 Å². The molecule has 0 aromatic heterocycles. The van der Waals surface area contributed by atoms with Crippen LogP contribution in [0, 0.1) is 10.1 Å². The summed E-state index contributed by atoms with van der Waals surface area (Å²) in [4.78, 5) is 21.8. The highest BCUT2D eigenvalue weighted by atomic mass is 16.6. The quantitative estimate of drug-likeness (QED) is 0.382. The second-order valence-corrected chi connectivity index (χ2v) is 3.67. The van der Waals surface area contributed by atoms with Crippen LogP contribution >= 0.6 is 0 Å². The standard InChI is InChI=1S/C11H14N2O6/c1-19-11(16)10-8(12-5-7(15)6-14)3-2-4-9(10)13(17)18/h2-4,7,12,14-15H,5-6H2,1H3. The summed E-state index contributed by atoms with van der Waals surface area (Å²) >= 11 is 0. The van der Waals surface area contributed by atoms with Gasteiger partial charge < -0.3 is 20.3 Å². The molecule has 3 N–H and O–H groups in total. The highest BCUT2D eigenvalue weighted by molar-refractivity contribution is 6.00. The number of rotatable bonds is 6. The molecule has 1 aromatic carbocycles. The number of carbonyl (C=O) groups is 1. The number of nitro groups is 1. The number of aliphatic hydroxyl groups excluding tert-OH is 2. The number of nitrogens with one attached hydrogen (secondary N) is 1. The Bertz CT molecular complexity index is 476. The van der Waals surface area contributed by atoms with Crippen molar-refractivity contribution in [3.63, 3.8) is 0 Å². The second kappa shape index (κ2) is 6.66. The number of nitrogens with zero attached hydrogens (tertiary/aromatic N) is 1. The highest BCUT2D eigenvalue weighted by Gasteiger charge is 2.24. The first-order valence-corrected chi connectivity index (χ1v) is 5.39. The summed E-state index contributed by atoms with van der Waals surface area (Å²) < 4.78 is 4.51. The van der Waals surface area contributed by atoms with Gasteiger partial charge in [-0.15, -0.1) is 0 Å². The summed E-state index contributed by atoms with van der Waals surface area (Å²) in [6.07, 6.45) is -1.04. The first-order valence-electron chi connectivity index (χ1n) is 5.39. The topological polar surface area (TPSA) is 122 Å². The van der Waals surface area contributed by atoms with E-state index >= 15 is 0 Å². The van der Waals surface area contributed by atoms with Crippen LogP contribution in [-0.2, 0) is 4.74 Å². The Labute approximate surface area is 108 Å². The molecular formula is C11H14N2O6. The molecule has 0 bridgehead atoms. The maximum atomic E-state index is 11.6. The Morgan fingerprint density at radius 2 is 2.26 bits per heavy atom. The van der Waals surface area contributed by atoms with Crippen LogP contribution < -0.4 is 5.32 Å². The van der Waals surface area contributed by atoms with Gasteiger partial charge in [0.15, 0.2) is 5.56 Å². The Kier molecular flexibility index (Phi) is 5.22. The number of hydrogen-bond acceptors (Lipinski definition) is 7. The molecule has 1 aromatic rings. The Balaban J connectivity index is 3.12. The Morgan fingerprint density at radius 3 is 2.79 bits per heavy atom. The van der Waals surface area contributed by atoms with Gasteiger partial charge in [0, 0.05) is 12.6 Å². The molecule has 1 atom stereocenters.